The van der Waals surface area contributed by atoms with Crippen LogP contribution in [0.3, 0.4) is 0 Å². The number of nitrogens with zero attached hydrogens (tertiary/aromatic N) is 3. The van der Waals surface area contributed by atoms with Gasteiger partial charge in [-0.25, -0.2) is 19.3 Å². The lowest BCUT2D eigenvalue weighted by Crippen LogP contribution is -2.04. The van der Waals surface area contributed by atoms with Crippen molar-refractivity contribution in [3.8, 4) is 28.3 Å². The number of alkyl halides is 3. The molecular formula is C25H17F4N5O. The molecule has 6 nitrogen and oxygen atoms in total. The smallest absolute Gasteiger partial charge is 0.416 e. The monoisotopic (exact) mass is 479 g/mol. The van der Waals surface area contributed by atoms with Crippen LogP contribution >= 0.6 is 0 Å². The molecule has 2 heterocycles. The van der Waals surface area contributed by atoms with Crippen LogP contribution in [-0.2, 0) is 6.18 Å². The molecule has 0 saturated heterocycles. The summed E-state index contributed by atoms with van der Waals surface area (Å²) >= 11 is 0. The largest absolute Gasteiger partial charge is 0.495 e. The van der Waals surface area contributed by atoms with Crippen LogP contribution in [0.4, 0.5) is 29.2 Å². The van der Waals surface area contributed by atoms with Gasteiger partial charge >= 0.3 is 6.18 Å². The Morgan fingerprint density at radius 2 is 1.69 bits per heavy atom. The number of methoxy groups -OCH3 is 1. The molecule has 0 unspecified atom stereocenters. The predicted molar refractivity (Wildman–Crippen MR) is 124 cm³/mol. The second-order valence-corrected chi connectivity index (χ2v) is 7.66. The highest BCUT2D eigenvalue weighted by Crippen LogP contribution is 2.34. The third-order valence-corrected chi connectivity index (χ3v) is 5.34. The van der Waals surface area contributed by atoms with Gasteiger partial charge in [0.25, 0.3) is 0 Å². The van der Waals surface area contributed by atoms with E-state index >= 15 is 0 Å². The number of benzene rings is 3. The van der Waals surface area contributed by atoms with Crippen molar-refractivity contribution in [2.45, 2.75) is 6.18 Å². The molecule has 2 aromatic heterocycles. The van der Waals surface area contributed by atoms with Crippen molar-refractivity contribution in [1.82, 2.24) is 19.9 Å². The minimum Gasteiger partial charge on any atom is -0.495 e. The number of nitrogens with one attached hydrogen (secondary N) is 2. The van der Waals surface area contributed by atoms with Crippen molar-refractivity contribution in [2.24, 2.45) is 0 Å². The summed E-state index contributed by atoms with van der Waals surface area (Å²) in [5, 5.41) is 3.07. The molecule has 0 fully saturated rings. The molecule has 0 bridgehead atoms. The van der Waals surface area contributed by atoms with Crippen LogP contribution in [0.5, 0.6) is 5.75 Å². The number of H-pyrrole nitrogens is 1. The Kier molecular flexibility index (Phi) is 5.56. The van der Waals surface area contributed by atoms with Gasteiger partial charge < -0.3 is 15.0 Å². The Morgan fingerprint density at radius 3 is 2.40 bits per heavy atom. The van der Waals surface area contributed by atoms with Crippen LogP contribution in [0.2, 0.25) is 0 Å². The van der Waals surface area contributed by atoms with E-state index in [0.29, 0.717) is 39.5 Å². The maximum atomic E-state index is 13.5. The third kappa shape index (κ3) is 4.63. The van der Waals surface area contributed by atoms with Crippen LogP contribution in [0.15, 0.2) is 73.1 Å². The van der Waals surface area contributed by atoms with Crippen molar-refractivity contribution in [3.63, 3.8) is 0 Å². The molecule has 5 rings (SSSR count). The Balaban J connectivity index is 1.44. The quantitative estimate of drug-likeness (QED) is 0.278. The van der Waals surface area contributed by atoms with Crippen molar-refractivity contribution in [2.75, 3.05) is 12.4 Å². The SMILES string of the molecule is COc1ccc(-c2nc3ccc(C(F)(F)F)cc3[nH]2)cc1Nc1ncc(-c2cccc(F)c2)cn1. The summed E-state index contributed by atoms with van der Waals surface area (Å²) in [5.74, 6) is 0.820. The Bertz CT molecular complexity index is 1510. The lowest BCUT2D eigenvalue weighted by atomic mass is 10.1. The molecule has 0 atom stereocenters. The average Bonchev–Trinajstić information content (AvgIpc) is 3.27. The summed E-state index contributed by atoms with van der Waals surface area (Å²) in [7, 11) is 1.51. The van der Waals surface area contributed by atoms with Crippen LogP contribution < -0.4 is 10.1 Å². The maximum absolute atomic E-state index is 13.5. The van der Waals surface area contributed by atoms with E-state index in [1.165, 1.54) is 25.3 Å². The number of rotatable bonds is 5. The first-order valence-electron chi connectivity index (χ1n) is 10.4. The van der Waals surface area contributed by atoms with Crippen LogP contribution in [0.1, 0.15) is 5.56 Å². The number of hydrogen-bond acceptors (Lipinski definition) is 5. The molecular weight excluding hydrogens is 462 g/mol. The zero-order valence-corrected chi connectivity index (χ0v) is 18.2. The van der Waals surface area contributed by atoms with Gasteiger partial charge in [-0.2, -0.15) is 13.2 Å². The summed E-state index contributed by atoms with van der Waals surface area (Å²) in [6, 6.07) is 14.6. The van der Waals surface area contributed by atoms with E-state index in [1.54, 1.807) is 42.7 Å². The molecule has 5 aromatic rings. The highest BCUT2D eigenvalue weighted by Gasteiger charge is 2.30. The Labute approximate surface area is 196 Å². The lowest BCUT2D eigenvalue weighted by Gasteiger charge is -2.11. The number of ether oxygens (including phenoxy) is 1. The van der Waals surface area contributed by atoms with E-state index in [0.717, 1.165) is 12.1 Å². The van der Waals surface area contributed by atoms with Crippen LogP contribution in [0.25, 0.3) is 33.5 Å². The first-order chi connectivity index (χ1) is 16.8. The fourth-order valence-electron chi connectivity index (χ4n) is 3.61. The van der Waals surface area contributed by atoms with Gasteiger partial charge in [0.05, 0.1) is 29.4 Å². The van der Waals surface area contributed by atoms with Crippen LogP contribution in [-0.4, -0.2) is 27.0 Å². The summed E-state index contributed by atoms with van der Waals surface area (Å²) in [5.41, 5.74) is 2.38. The van der Waals surface area contributed by atoms with Gasteiger partial charge in [0.1, 0.15) is 17.4 Å². The first-order valence-corrected chi connectivity index (χ1v) is 10.4. The van der Waals surface area contributed by atoms with E-state index in [9.17, 15) is 17.6 Å². The third-order valence-electron chi connectivity index (χ3n) is 5.34. The number of anilines is 2. The number of hydrogen-bond donors (Lipinski definition) is 2. The van der Waals surface area contributed by atoms with E-state index in [4.69, 9.17) is 4.74 Å². The topological polar surface area (TPSA) is 75.7 Å². The van der Waals surface area contributed by atoms with Gasteiger partial charge in [0, 0.05) is 23.5 Å². The van der Waals surface area contributed by atoms with E-state index < -0.39 is 11.7 Å². The lowest BCUT2D eigenvalue weighted by molar-refractivity contribution is -0.137. The highest BCUT2D eigenvalue weighted by molar-refractivity contribution is 5.81. The summed E-state index contributed by atoms with van der Waals surface area (Å²) in [6.45, 7) is 0. The molecule has 0 saturated carbocycles. The highest BCUT2D eigenvalue weighted by atomic mass is 19.4. The standard InChI is InChI=1S/C25H17F4N5O/c1-35-22-8-5-15(23-32-19-7-6-17(25(27,28)29)11-20(19)33-23)10-21(22)34-24-30-12-16(13-31-24)14-3-2-4-18(26)9-14/h2-13H,1H3,(H,32,33)(H,30,31,34). The van der Waals surface area contributed by atoms with E-state index in [-0.39, 0.29) is 17.3 Å². The molecule has 35 heavy (non-hydrogen) atoms. The van der Waals surface area contributed by atoms with Crippen molar-refractivity contribution in [3.05, 3.63) is 84.4 Å². The van der Waals surface area contributed by atoms with Gasteiger partial charge in [-0.15, -0.1) is 0 Å². The molecule has 3 aromatic carbocycles. The van der Waals surface area contributed by atoms with Gasteiger partial charge in [-0.3, -0.25) is 0 Å². The molecule has 0 aliphatic carbocycles. The molecule has 0 radical (unpaired) electrons. The summed E-state index contributed by atoms with van der Waals surface area (Å²) in [4.78, 5) is 15.9. The van der Waals surface area contributed by atoms with Crippen LogP contribution in [0, 0.1) is 5.82 Å². The molecule has 10 heteroatoms. The average molecular weight is 479 g/mol. The number of aromatic amines is 1. The fourth-order valence-corrected chi connectivity index (χ4v) is 3.61. The molecule has 0 amide bonds. The Hall–Kier alpha value is -4.47. The Morgan fingerprint density at radius 1 is 0.886 bits per heavy atom. The fraction of sp³-hybridized carbons (Fsp3) is 0.0800. The maximum Gasteiger partial charge on any atom is 0.416 e. The number of aromatic nitrogens is 4. The summed E-state index contributed by atoms with van der Waals surface area (Å²) < 4.78 is 58.0. The van der Waals surface area contributed by atoms with Gasteiger partial charge in [0.15, 0.2) is 0 Å². The molecule has 0 aliphatic heterocycles. The van der Waals surface area contributed by atoms with E-state index in [2.05, 4.69) is 25.3 Å². The minimum atomic E-state index is -4.44. The molecule has 2 N–H and O–H groups in total. The first kappa shape index (κ1) is 22.3. The zero-order valence-electron chi connectivity index (χ0n) is 18.2. The van der Waals surface area contributed by atoms with Crippen molar-refractivity contribution in [1.29, 1.82) is 0 Å². The van der Waals surface area contributed by atoms with Crippen molar-refractivity contribution >= 4 is 22.7 Å². The van der Waals surface area contributed by atoms with Crippen molar-refractivity contribution < 1.29 is 22.3 Å². The van der Waals surface area contributed by atoms with Gasteiger partial charge in [0.2, 0.25) is 5.95 Å². The summed E-state index contributed by atoms with van der Waals surface area (Å²) in [6.07, 6.45) is -1.31. The zero-order chi connectivity index (χ0) is 24.6. The molecule has 176 valence electrons. The minimum absolute atomic E-state index is 0.274. The number of imidazole rings is 1. The number of halogens is 4. The second-order valence-electron chi connectivity index (χ2n) is 7.66. The second kappa shape index (κ2) is 8.71. The predicted octanol–water partition coefficient (Wildman–Crippen LogP) is 6.60. The number of fused-ring (bicyclic) bond motifs is 1. The molecule has 0 spiro atoms. The molecule has 0 aliphatic rings. The van der Waals surface area contributed by atoms with E-state index in [1.807, 2.05) is 0 Å². The normalized spacial score (nSPS) is 11.6. The van der Waals surface area contributed by atoms with Gasteiger partial charge in [-0.1, -0.05) is 12.1 Å². The van der Waals surface area contributed by atoms with Gasteiger partial charge in [-0.05, 0) is 54.1 Å².